The van der Waals surface area contributed by atoms with E-state index in [4.69, 9.17) is 0 Å². The standard InChI is InChI=1S/C22H30N4O4/c1-23-22(30)18-10-6-12-26(18)20(28)14-24-21(29)17-9-5-11-25(15-17)19(27)13-16-7-3-2-4-8-16/h2-4,7-8,17-18H,5-6,9-15H2,1H3,(H,23,30)(H,24,29). The molecule has 2 aliphatic heterocycles. The number of piperidine rings is 1. The molecular weight excluding hydrogens is 384 g/mol. The van der Waals surface area contributed by atoms with Gasteiger partial charge in [0.1, 0.15) is 6.04 Å². The molecule has 1 aromatic carbocycles. The molecule has 2 saturated heterocycles. The van der Waals surface area contributed by atoms with Crippen LogP contribution in [0.1, 0.15) is 31.2 Å². The van der Waals surface area contributed by atoms with Crippen LogP contribution in [0, 0.1) is 5.92 Å². The fraction of sp³-hybridized carbons (Fsp3) is 0.545. The van der Waals surface area contributed by atoms with Crippen molar-refractivity contribution in [1.29, 1.82) is 0 Å². The Bertz CT molecular complexity index is 783. The first-order valence-corrected chi connectivity index (χ1v) is 10.6. The average molecular weight is 415 g/mol. The number of benzene rings is 1. The van der Waals surface area contributed by atoms with Crippen LogP contribution >= 0.6 is 0 Å². The summed E-state index contributed by atoms with van der Waals surface area (Å²) < 4.78 is 0. The number of likely N-dealkylation sites (tertiary alicyclic amines) is 2. The Morgan fingerprint density at radius 1 is 0.967 bits per heavy atom. The van der Waals surface area contributed by atoms with E-state index in [2.05, 4.69) is 10.6 Å². The summed E-state index contributed by atoms with van der Waals surface area (Å²) in [7, 11) is 1.55. The lowest BCUT2D eigenvalue weighted by atomic mass is 9.96. The molecular formula is C22H30N4O4. The van der Waals surface area contributed by atoms with Crippen LogP contribution in [-0.2, 0) is 25.6 Å². The summed E-state index contributed by atoms with van der Waals surface area (Å²) in [5.41, 5.74) is 0.955. The molecule has 4 amide bonds. The van der Waals surface area contributed by atoms with E-state index in [1.165, 1.54) is 4.90 Å². The molecule has 2 atom stereocenters. The largest absolute Gasteiger partial charge is 0.357 e. The van der Waals surface area contributed by atoms with E-state index in [0.717, 1.165) is 18.4 Å². The number of amides is 4. The van der Waals surface area contributed by atoms with E-state index in [-0.39, 0.29) is 36.1 Å². The second-order valence-electron chi connectivity index (χ2n) is 7.92. The number of nitrogens with one attached hydrogen (secondary N) is 2. The van der Waals surface area contributed by atoms with Gasteiger partial charge in [-0.1, -0.05) is 30.3 Å². The van der Waals surface area contributed by atoms with Gasteiger partial charge in [0.2, 0.25) is 23.6 Å². The minimum Gasteiger partial charge on any atom is -0.357 e. The molecule has 30 heavy (non-hydrogen) atoms. The zero-order valence-electron chi connectivity index (χ0n) is 17.4. The van der Waals surface area contributed by atoms with E-state index in [1.807, 2.05) is 30.3 Å². The van der Waals surface area contributed by atoms with Crippen molar-refractivity contribution in [2.75, 3.05) is 33.2 Å². The molecule has 2 heterocycles. The van der Waals surface area contributed by atoms with Gasteiger partial charge in [-0.05, 0) is 31.2 Å². The Morgan fingerprint density at radius 3 is 2.43 bits per heavy atom. The van der Waals surface area contributed by atoms with Gasteiger partial charge < -0.3 is 20.4 Å². The first-order chi connectivity index (χ1) is 14.5. The molecule has 2 unspecified atom stereocenters. The molecule has 1 aromatic rings. The number of hydrogen-bond acceptors (Lipinski definition) is 4. The molecule has 0 aromatic heterocycles. The molecule has 0 saturated carbocycles. The van der Waals surface area contributed by atoms with Crippen molar-refractivity contribution in [3.63, 3.8) is 0 Å². The Labute approximate surface area is 177 Å². The second kappa shape index (κ2) is 10.2. The summed E-state index contributed by atoms with van der Waals surface area (Å²) in [6.45, 7) is 1.42. The van der Waals surface area contributed by atoms with Crippen LogP contribution in [0.2, 0.25) is 0 Å². The lowest BCUT2D eigenvalue weighted by molar-refractivity contribution is -0.139. The Morgan fingerprint density at radius 2 is 1.70 bits per heavy atom. The maximum absolute atomic E-state index is 12.6. The maximum atomic E-state index is 12.6. The maximum Gasteiger partial charge on any atom is 0.242 e. The minimum absolute atomic E-state index is 0.0141. The summed E-state index contributed by atoms with van der Waals surface area (Å²) in [5, 5.41) is 5.30. The molecule has 2 fully saturated rings. The predicted octanol–water partition coefficient (Wildman–Crippen LogP) is 0.321. The van der Waals surface area contributed by atoms with Gasteiger partial charge in [0.05, 0.1) is 18.9 Å². The molecule has 0 aliphatic carbocycles. The zero-order valence-corrected chi connectivity index (χ0v) is 17.4. The molecule has 8 nitrogen and oxygen atoms in total. The van der Waals surface area contributed by atoms with Crippen molar-refractivity contribution in [2.45, 2.75) is 38.1 Å². The normalized spacial score (nSPS) is 21.2. The van der Waals surface area contributed by atoms with E-state index in [0.29, 0.717) is 38.9 Å². The Hall–Kier alpha value is -2.90. The first-order valence-electron chi connectivity index (χ1n) is 10.6. The summed E-state index contributed by atoms with van der Waals surface area (Å²) in [6.07, 6.45) is 3.19. The number of carbonyl (C=O) groups excluding carboxylic acids is 4. The van der Waals surface area contributed by atoms with Gasteiger partial charge >= 0.3 is 0 Å². The SMILES string of the molecule is CNC(=O)C1CCCN1C(=O)CNC(=O)C1CCCN(C(=O)Cc2ccccc2)C1. The fourth-order valence-electron chi connectivity index (χ4n) is 4.21. The molecule has 0 spiro atoms. The molecule has 3 rings (SSSR count). The van der Waals surface area contributed by atoms with Crippen molar-refractivity contribution < 1.29 is 19.2 Å². The van der Waals surface area contributed by atoms with Gasteiger partial charge in [0.15, 0.2) is 0 Å². The van der Waals surface area contributed by atoms with E-state index in [1.54, 1.807) is 11.9 Å². The van der Waals surface area contributed by atoms with E-state index >= 15 is 0 Å². The fourth-order valence-corrected chi connectivity index (χ4v) is 4.21. The highest BCUT2D eigenvalue weighted by atomic mass is 16.2. The summed E-state index contributed by atoms with van der Waals surface area (Å²) in [5.74, 6) is -0.939. The lowest BCUT2D eigenvalue weighted by Crippen LogP contribution is -2.50. The predicted molar refractivity (Wildman–Crippen MR) is 111 cm³/mol. The lowest BCUT2D eigenvalue weighted by Gasteiger charge is -2.32. The van der Waals surface area contributed by atoms with Crippen LogP contribution in [0.15, 0.2) is 30.3 Å². The third-order valence-electron chi connectivity index (χ3n) is 5.88. The molecule has 0 bridgehead atoms. The third kappa shape index (κ3) is 5.37. The zero-order chi connectivity index (χ0) is 21.5. The van der Waals surface area contributed by atoms with Crippen LogP contribution in [0.4, 0.5) is 0 Å². The van der Waals surface area contributed by atoms with Gasteiger partial charge in [-0.3, -0.25) is 19.2 Å². The quantitative estimate of drug-likeness (QED) is 0.700. The van der Waals surface area contributed by atoms with Crippen LogP contribution in [0.25, 0.3) is 0 Å². The van der Waals surface area contributed by atoms with Crippen LogP contribution in [0.5, 0.6) is 0 Å². The minimum atomic E-state index is -0.458. The van der Waals surface area contributed by atoms with Crippen molar-refractivity contribution in [3.05, 3.63) is 35.9 Å². The van der Waals surface area contributed by atoms with Gasteiger partial charge in [-0.2, -0.15) is 0 Å². The Kier molecular flexibility index (Phi) is 7.43. The third-order valence-corrected chi connectivity index (χ3v) is 5.88. The average Bonchev–Trinajstić information content (AvgIpc) is 3.27. The number of hydrogen-bond donors (Lipinski definition) is 2. The van der Waals surface area contributed by atoms with Crippen LogP contribution in [0.3, 0.4) is 0 Å². The highest BCUT2D eigenvalue weighted by Crippen LogP contribution is 2.19. The molecule has 0 radical (unpaired) electrons. The molecule has 8 heteroatoms. The molecule has 2 N–H and O–H groups in total. The summed E-state index contributed by atoms with van der Waals surface area (Å²) in [4.78, 5) is 52.9. The summed E-state index contributed by atoms with van der Waals surface area (Å²) >= 11 is 0. The van der Waals surface area contributed by atoms with Crippen LogP contribution in [-0.4, -0.2) is 72.7 Å². The van der Waals surface area contributed by atoms with Crippen molar-refractivity contribution in [3.8, 4) is 0 Å². The monoisotopic (exact) mass is 414 g/mol. The Balaban J connectivity index is 1.48. The highest BCUT2D eigenvalue weighted by molar-refractivity contribution is 5.91. The van der Waals surface area contributed by atoms with Crippen molar-refractivity contribution in [2.24, 2.45) is 5.92 Å². The smallest absolute Gasteiger partial charge is 0.242 e. The topological polar surface area (TPSA) is 98.8 Å². The first kappa shape index (κ1) is 21.8. The summed E-state index contributed by atoms with van der Waals surface area (Å²) in [6, 6.07) is 9.10. The van der Waals surface area contributed by atoms with E-state index in [9.17, 15) is 19.2 Å². The number of carbonyl (C=O) groups is 4. The highest BCUT2D eigenvalue weighted by Gasteiger charge is 2.34. The van der Waals surface area contributed by atoms with Crippen LogP contribution < -0.4 is 10.6 Å². The van der Waals surface area contributed by atoms with Gasteiger partial charge in [0, 0.05) is 26.7 Å². The second-order valence-corrected chi connectivity index (χ2v) is 7.92. The van der Waals surface area contributed by atoms with Crippen molar-refractivity contribution in [1.82, 2.24) is 20.4 Å². The number of nitrogens with zero attached hydrogens (tertiary/aromatic N) is 2. The van der Waals surface area contributed by atoms with Crippen molar-refractivity contribution >= 4 is 23.6 Å². The molecule has 162 valence electrons. The molecule has 2 aliphatic rings. The van der Waals surface area contributed by atoms with E-state index < -0.39 is 6.04 Å². The van der Waals surface area contributed by atoms with Gasteiger partial charge in [-0.15, -0.1) is 0 Å². The van der Waals surface area contributed by atoms with Gasteiger partial charge in [0.25, 0.3) is 0 Å². The number of rotatable bonds is 6. The van der Waals surface area contributed by atoms with Gasteiger partial charge in [-0.25, -0.2) is 0 Å². The number of likely N-dealkylation sites (N-methyl/N-ethyl adjacent to an activating group) is 1.